The molecule has 2 heterocycles. The van der Waals surface area contributed by atoms with E-state index >= 15 is 0 Å². The quantitative estimate of drug-likeness (QED) is 0.157. The number of hydrogen-bond acceptors (Lipinski definition) is 3. The largest absolute Gasteiger partial charge is 0.456 e. The normalized spacial score (nSPS) is 12.2. The molecule has 0 spiro atoms. The second kappa shape index (κ2) is 13.3. The van der Waals surface area contributed by atoms with Gasteiger partial charge in [-0.25, -0.2) is 0 Å². The lowest BCUT2D eigenvalue weighted by atomic mass is 9.83. The molecule has 0 N–H and O–H groups in total. The van der Waals surface area contributed by atoms with Crippen LogP contribution in [0.1, 0.15) is 22.6 Å². The Labute approximate surface area is 312 Å². The third-order valence-corrected chi connectivity index (χ3v) is 11.6. The van der Waals surface area contributed by atoms with Crippen molar-refractivity contribution in [3.05, 3.63) is 211 Å². The smallest absolute Gasteiger partial charge is 0.137 e. The SMILES string of the molecule is c1ccc(C[C@H](c2ccc(-c3ccccc3)cc2)c2cccc3oc4cc(N(c5ccccc5)c5ccc6c(c5)sc5ccccc56)ccc4c23)cc1. The Kier molecular flexibility index (Phi) is 7.85. The van der Waals surface area contributed by atoms with E-state index in [0.717, 1.165) is 40.0 Å². The molecule has 0 radical (unpaired) electrons. The summed E-state index contributed by atoms with van der Waals surface area (Å²) in [6, 6.07) is 70.0. The number of benzene rings is 8. The van der Waals surface area contributed by atoms with Crippen LogP contribution in [0.2, 0.25) is 0 Å². The lowest BCUT2D eigenvalue weighted by molar-refractivity contribution is 0.668. The van der Waals surface area contributed by atoms with Crippen molar-refractivity contribution in [2.45, 2.75) is 12.3 Å². The van der Waals surface area contributed by atoms with Crippen LogP contribution in [0.3, 0.4) is 0 Å². The highest BCUT2D eigenvalue weighted by molar-refractivity contribution is 7.25. The lowest BCUT2D eigenvalue weighted by Crippen LogP contribution is -2.09. The summed E-state index contributed by atoms with van der Waals surface area (Å²) in [5.41, 5.74) is 11.4. The molecule has 0 saturated heterocycles. The van der Waals surface area contributed by atoms with Gasteiger partial charge in [-0.3, -0.25) is 0 Å². The molecule has 0 fully saturated rings. The van der Waals surface area contributed by atoms with Crippen LogP contribution in [-0.4, -0.2) is 0 Å². The molecule has 0 saturated carbocycles. The average molecular weight is 698 g/mol. The molecule has 0 bridgehead atoms. The van der Waals surface area contributed by atoms with Gasteiger partial charge in [-0.1, -0.05) is 140 Å². The van der Waals surface area contributed by atoms with Gasteiger partial charge >= 0.3 is 0 Å². The minimum atomic E-state index is 0.139. The standard InChI is InChI=1S/C50H35NOS/c1-4-13-34(14-5-1)31-45(37-25-23-36(24-26-37)35-15-6-2-7-16-35)43-20-12-21-46-50(43)44-30-28-39(32-47(44)52-46)51(38-17-8-3-9-18-38)40-27-29-42-41-19-10-11-22-48(41)53-49(42)33-40/h1-30,32-33,45H,31H2/t45-/m1/s1. The fourth-order valence-electron chi connectivity index (χ4n) is 7.94. The molecule has 0 aliphatic carbocycles. The van der Waals surface area contributed by atoms with Crippen LogP contribution < -0.4 is 4.90 Å². The van der Waals surface area contributed by atoms with E-state index in [1.165, 1.54) is 53.4 Å². The van der Waals surface area contributed by atoms with Gasteiger partial charge in [0, 0.05) is 60.0 Å². The number of anilines is 3. The zero-order valence-electron chi connectivity index (χ0n) is 29.0. The Morgan fingerprint density at radius 1 is 0.453 bits per heavy atom. The molecule has 3 heteroatoms. The van der Waals surface area contributed by atoms with E-state index in [9.17, 15) is 0 Å². The number of rotatable bonds is 8. The molecule has 1 atom stereocenters. The van der Waals surface area contributed by atoms with Crippen molar-refractivity contribution in [2.24, 2.45) is 0 Å². The molecule has 53 heavy (non-hydrogen) atoms. The van der Waals surface area contributed by atoms with Crippen LogP contribution in [0.15, 0.2) is 199 Å². The molecule has 0 amide bonds. The Hall–Kier alpha value is -6.42. The van der Waals surface area contributed by atoms with E-state index in [0.29, 0.717) is 0 Å². The molecule has 0 aliphatic heterocycles. The number of fused-ring (bicyclic) bond motifs is 6. The lowest BCUT2D eigenvalue weighted by Gasteiger charge is -2.25. The maximum atomic E-state index is 6.75. The van der Waals surface area contributed by atoms with Crippen LogP contribution >= 0.6 is 11.3 Å². The zero-order chi connectivity index (χ0) is 35.1. The summed E-state index contributed by atoms with van der Waals surface area (Å²) in [6.07, 6.45) is 0.886. The number of furan rings is 1. The molecular weight excluding hydrogens is 663 g/mol. The van der Waals surface area contributed by atoms with Gasteiger partial charge in [-0.2, -0.15) is 0 Å². The van der Waals surface area contributed by atoms with E-state index in [4.69, 9.17) is 4.42 Å². The van der Waals surface area contributed by atoms with Gasteiger partial charge in [-0.15, -0.1) is 11.3 Å². The first-order chi connectivity index (χ1) is 26.3. The van der Waals surface area contributed by atoms with Gasteiger partial charge in [0.2, 0.25) is 0 Å². The topological polar surface area (TPSA) is 16.4 Å². The maximum absolute atomic E-state index is 6.75. The third kappa shape index (κ3) is 5.76. The van der Waals surface area contributed by atoms with Crippen molar-refractivity contribution >= 4 is 70.5 Å². The second-order valence-electron chi connectivity index (χ2n) is 13.7. The van der Waals surface area contributed by atoms with Crippen LogP contribution in [0.5, 0.6) is 0 Å². The molecule has 8 aromatic carbocycles. The van der Waals surface area contributed by atoms with Crippen molar-refractivity contribution in [1.29, 1.82) is 0 Å². The van der Waals surface area contributed by atoms with Crippen LogP contribution in [0.25, 0.3) is 53.2 Å². The predicted octanol–water partition coefficient (Wildman–Crippen LogP) is 14.5. The van der Waals surface area contributed by atoms with Gasteiger partial charge in [-0.05, 0) is 82.8 Å². The van der Waals surface area contributed by atoms with Gasteiger partial charge < -0.3 is 9.32 Å². The summed E-state index contributed by atoms with van der Waals surface area (Å²) in [5.74, 6) is 0.139. The second-order valence-corrected chi connectivity index (χ2v) is 14.8. The summed E-state index contributed by atoms with van der Waals surface area (Å²) in [5, 5.41) is 4.91. The minimum absolute atomic E-state index is 0.139. The maximum Gasteiger partial charge on any atom is 0.137 e. The van der Waals surface area contributed by atoms with Gasteiger partial charge in [0.05, 0.1) is 0 Å². The fraction of sp³-hybridized carbons (Fsp3) is 0.0400. The highest BCUT2D eigenvalue weighted by Gasteiger charge is 2.23. The van der Waals surface area contributed by atoms with Gasteiger partial charge in [0.1, 0.15) is 11.2 Å². The van der Waals surface area contributed by atoms with Crippen molar-refractivity contribution in [2.75, 3.05) is 4.90 Å². The van der Waals surface area contributed by atoms with E-state index < -0.39 is 0 Å². The highest BCUT2D eigenvalue weighted by Crippen LogP contribution is 2.44. The number of para-hydroxylation sites is 1. The predicted molar refractivity (Wildman–Crippen MR) is 225 cm³/mol. The summed E-state index contributed by atoms with van der Waals surface area (Å²) >= 11 is 1.85. The van der Waals surface area contributed by atoms with Crippen molar-refractivity contribution in [3.8, 4) is 11.1 Å². The fourth-order valence-corrected chi connectivity index (χ4v) is 9.08. The van der Waals surface area contributed by atoms with Gasteiger partial charge in [0.15, 0.2) is 0 Å². The number of hydrogen-bond donors (Lipinski definition) is 0. The van der Waals surface area contributed by atoms with Crippen LogP contribution in [-0.2, 0) is 6.42 Å². The first-order valence-electron chi connectivity index (χ1n) is 18.2. The summed E-state index contributed by atoms with van der Waals surface area (Å²) < 4.78 is 9.34. The molecular formula is C50H35NOS. The summed E-state index contributed by atoms with van der Waals surface area (Å²) in [7, 11) is 0. The first kappa shape index (κ1) is 31.3. The first-order valence-corrected chi connectivity index (χ1v) is 19.0. The Balaban J connectivity index is 1.10. The van der Waals surface area contributed by atoms with Crippen LogP contribution in [0, 0.1) is 0 Å². The Morgan fingerprint density at radius 2 is 1.09 bits per heavy atom. The third-order valence-electron chi connectivity index (χ3n) is 10.5. The van der Waals surface area contributed by atoms with E-state index in [1.807, 2.05) is 11.3 Å². The summed E-state index contributed by atoms with van der Waals surface area (Å²) in [6.45, 7) is 0. The van der Waals surface area contributed by atoms with Gasteiger partial charge in [0.25, 0.3) is 0 Å². The summed E-state index contributed by atoms with van der Waals surface area (Å²) in [4.78, 5) is 2.34. The highest BCUT2D eigenvalue weighted by atomic mass is 32.1. The molecule has 0 unspecified atom stereocenters. The Morgan fingerprint density at radius 3 is 1.89 bits per heavy atom. The van der Waals surface area contributed by atoms with Crippen molar-refractivity contribution in [1.82, 2.24) is 0 Å². The number of thiophene rings is 1. The van der Waals surface area contributed by atoms with E-state index in [2.05, 4.69) is 199 Å². The van der Waals surface area contributed by atoms with Crippen molar-refractivity contribution < 1.29 is 4.42 Å². The molecule has 0 aliphatic rings. The average Bonchev–Trinajstić information content (AvgIpc) is 3.79. The molecule has 2 aromatic heterocycles. The number of nitrogens with zero attached hydrogens (tertiary/aromatic N) is 1. The minimum Gasteiger partial charge on any atom is -0.456 e. The van der Waals surface area contributed by atoms with E-state index in [-0.39, 0.29) is 5.92 Å². The molecule has 10 aromatic rings. The zero-order valence-corrected chi connectivity index (χ0v) is 29.8. The molecule has 252 valence electrons. The van der Waals surface area contributed by atoms with E-state index in [1.54, 1.807) is 0 Å². The van der Waals surface area contributed by atoms with Crippen LogP contribution in [0.4, 0.5) is 17.1 Å². The Bertz CT molecular complexity index is 2860. The molecule has 2 nitrogen and oxygen atoms in total. The monoisotopic (exact) mass is 697 g/mol. The van der Waals surface area contributed by atoms with Crippen molar-refractivity contribution in [3.63, 3.8) is 0 Å². The molecule has 10 rings (SSSR count).